The van der Waals surface area contributed by atoms with E-state index in [1.54, 1.807) is 18.2 Å². The third kappa shape index (κ3) is 4.47. The van der Waals surface area contributed by atoms with Crippen molar-refractivity contribution >= 4 is 23.5 Å². The summed E-state index contributed by atoms with van der Waals surface area (Å²) in [6.07, 6.45) is 0. The molecule has 0 atom stereocenters. The van der Waals surface area contributed by atoms with E-state index < -0.39 is 11.9 Å². The van der Waals surface area contributed by atoms with Gasteiger partial charge in [-0.1, -0.05) is 31.5 Å². The molecule has 5 nitrogen and oxygen atoms in total. The van der Waals surface area contributed by atoms with Gasteiger partial charge in [-0.2, -0.15) is 5.26 Å². The first-order valence-corrected chi connectivity index (χ1v) is 6.81. The van der Waals surface area contributed by atoms with Gasteiger partial charge in [-0.05, 0) is 23.6 Å². The molecule has 112 valence electrons. The number of hydrogen-bond acceptors (Lipinski definition) is 4. The molecule has 0 bridgehead atoms. The summed E-state index contributed by atoms with van der Waals surface area (Å²) < 4.78 is 4.52. The van der Waals surface area contributed by atoms with Crippen molar-refractivity contribution in [1.82, 2.24) is 4.90 Å². The van der Waals surface area contributed by atoms with Crippen LogP contribution in [0.5, 0.6) is 0 Å². The minimum Gasteiger partial charge on any atom is -0.468 e. The van der Waals surface area contributed by atoms with Crippen molar-refractivity contribution in [2.24, 2.45) is 0 Å². The third-order valence-electron chi connectivity index (χ3n) is 2.97. The molecule has 1 amide bonds. The monoisotopic (exact) mass is 308 g/mol. The highest BCUT2D eigenvalue weighted by atomic mass is 35.5. The Kier molecular flexibility index (Phi) is 6.19. The van der Waals surface area contributed by atoms with Crippen molar-refractivity contribution in [3.63, 3.8) is 0 Å². The number of rotatable bonds is 5. The predicted molar refractivity (Wildman–Crippen MR) is 79.1 cm³/mol. The van der Waals surface area contributed by atoms with Crippen molar-refractivity contribution in [3.8, 4) is 6.07 Å². The van der Waals surface area contributed by atoms with E-state index in [0.717, 1.165) is 10.5 Å². The molecule has 0 heterocycles. The van der Waals surface area contributed by atoms with Gasteiger partial charge in [0.2, 0.25) is 0 Å². The fourth-order valence-electron chi connectivity index (χ4n) is 1.82. The van der Waals surface area contributed by atoms with E-state index >= 15 is 0 Å². The third-order valence-corrected chi connectivity index (χ3v) is 3.29. The molecule has 0 saturated heterocycles. The number of ether oxygens (including phenoxy) is 1. The smallest absolute Gasteiger partial charge is 0.325 e. The van der Waals surface area contributed by atoms with Crippen LogP contribution in [0, 0.1) is 11.3 Å². The Bertz CT molecular complexity index is 579. The van der Waals surface area contributed by atoms with Gasteiger partial charge in [0.1, 0.15) is 13.1 Å². The maximum Gasteiger partial charge on any atom is 0.325 e. The molecule has 6 heteroatoms. The molecule has 0 unspecified atom stereocenters. The minimum atomic E-state index is -0.580. The Balaban J connectivity index is 3.01. The van der Waals surface area contributed by atoms with Crippen LogP contribution < -0.4 is 0 Å². The molecule has 0 spiro atoms. The molecule has 1 aromatic rings. The number of carbonyl (C=O) groups is 2. The van der Waals surface area contributed by atoms with Gasteiger partial charge in [0, 0.05) is 10.6 Å². The molecule has 21 heavy (non-hydrogen) atoms. The Morgan fingerprint density at radius 2 is 2.10 bits per heavy atom. The molecule has 0 N–H and O–H groups in total. The molecule has 0 fully saturated rings. The summed E-state index contributed by atoms with van der Waals surface area (Å²) in [5, 5.41) is 9.26. The van der Waals surface area contributed by atoms with Crippen LogP contribution in [0.2, 0.25) is 5.02 Å². The van der Waals surface area contributed by atoms with Crippen molar-refractivity contribution < 1.29 is 14.3 Å². The molecule has 0 radical (unpaired) electrons. The summed E-state index contributed by atoms with van der Waals surface area (Å²) in [4.78, 5) is 24.7. The SMILES string of the molecule is COC(=O)CN(CC#N)C(=O)c1ccc(C(C)C)c(Cl)c1. The molecular weight excluding hydrogens is 292 g/mol. The number of methoxy groups -OCH3 is 1. The van der Waals surface area contributed by atoms with E-state index in [1.165, 1.54) is 7.11 Å². The summed E-state index contributed by atoms with van der Waals surface area (Å²) in [5.74, 6) is -0.769. The normalized spacial score (nSPS) is 10.1. The summed E-state index contributed by atoms with van der Waals surface area (Å²) in [6, 6.07) is 6.84. The van der Waals surface area contributed by atoms with Gasteiger partial charge in [0.25, 0.3) is 5.91 Å². The molecular formula is C15H17ClN2O3. The van der Waals surface area contributed by atoms with Gasteiger partial charge in [-0.15, -0.1) is 0 Å². The molecule has 0 saturated carbocycles. The lowest BCUT2D eigenvalue weighted by Gasteiger charge is -2.19. The molecule has 0 aliphatic carbocycles. The van der Waals surface area contributed by atoms with Gasteiger partial charge < -0.3 is 9.64 Å². The highest BCUT2D eigenvalue weighted by molar-refractivity contribution is 6.31. The number of benzene rings is 1. The van der Waals surface area contributed by atoms with Crippen LogP contribution in [0.1, 0.15) is 35.7 Å². The first kappa shape index (κ1) is 17.0. The number of esters is 1. The van der Waals surface area contributed by atoms with Crippen LogP contribution >= 0.6 is 11.6 Å². The summed E-state index contributed by atoms with van der Waals surface area (Å²) in [6.45, 7) is 3.54. The Morgan fingerprint density at radius 3 is 2.57 bits per heavy atom. The largest absolute Gasteiger partial charge is 0.468 e. The second-order valence-electron chi connectivity index (χ2n) is 4.79. The number of carbonyl (C=O) groups excluding carboxylic acids is 2. The van der Waals surface area contributed by atoms with E-state index in [-0.39, 0.29) is 19.0 Å². The first-order valence-electron chi connectivity index (χ1n) is 6.43. The van der Waals surface area contributed by atoms with Gasteiger partial charge >= 0.3 is 5.97 Å². The van der Waals surface area contributed by atoms with Crippen molar-refractivity contribution in [2.75, 3.05) is 20.2 Å². The van der Waals surface area contributed by atoms with E-state index in [4.69, 9.17) is 16.9 Å². The predicted octanol–water partition coefficient (Wildman–Crippen LogP) is 2.60. The quantitative estimate of drug-likeness (QED) is 0.619. The van der Waals surface area contributed by atoms with Crippen LogP contribution in [-0.4, -0.2) is 37.0 Å². The van der Waals surface area contributed by atoms with Gasteiger partial charge in [0.15, 0.2) is 0 Å². The molecule has 0 aromatic heterocycles. The average Bonchev–Trinajstić information content (AvgIpc) is 2.45. The topological polar surface area (TPSA) is 70.4 Å². The van der Waals surface area contributed by atoms with Gasteiger partial charge in [-0.3, -0.25) is 9.59 Å². The van der Waals surface area contributed by atoms with E-state index in [0.29, 0.717) is 10.6 Å². The zero-order chi connectivity index (χ0) is 16.0. The van der Waals surface area contributed by atoms with Gasteiger partial charge in [-0.25, -0.2) is 0 Å². The Morgan fingerprint density at radius 1 is 1.43 bits per heavy atom. The summed E-state index contributed by atoms with van der Waals surface area (Å²) in [7, 11) is 1.23. The van der Waals surface area contributed by atoms with Crippen molar-refractivity contribution in [2.45, 2.75) is 19.8 Å². The minimum absolute atomic E-state index is 0.197. The van der Waals surface area contributed by atoms with E-state index in [9.17, 15) is 9.59 Å². The number of nitrogens with zero attached hydrogens (tertiary/aromatic N) is 2. The highest BCUT2D eigenvalue weighted by Gasteiger charge is 2.20. The van der Waals surface area contributed by atoms with Crippen LogP contribution in [0.15, 0.2) is 18.2 Å². The lowest BCUT2D eigenvalue weighted by molar-refractivity contribution is -0.141. The summed E-state index contributed by atoms with van der Waals surface area (Å²) in [5.41, 5.74) is 1.27. The van der Waals surface area contributed by atoms with Crippen molar-refractivity contribution in [3.05, 3.63) is 34.3 Å². The van der Waals surface area contributed by atoms with Crippen LogP contribution in [-0.2, 0) is 9.53 Å². The Hall–Kier alpha value is -2.06. The number of hydrogen-bond donors (Lipinski definition) is 0. The number of amides is 1. The fraction of sp³-hybridized carbons (Fsp3) is 0.400. The fourth-order valence-corrected chi connectivity index (χ4v) is 2.21. The van der Waals surface area contributed by atoms with E-state index in [2.05, 4.69) is 4.74 Å². The second kappa shape index (κ2) is 7.65. The Labute approximate surface area is 129 Å². The van der Waals surface area contributed by atoms with Crippen molar-refractivity contribution in [1.29, 1.82) is 5.26 Å². The lowest BCUT2D eigenvalue weighted by Crippen LogP contribution is -2.36. The molecule has 1 rings (SSSR count). The lowest BCUT2D eigenvalue weighted by atomic mass is 10.0. The first-order chi connectivity index (χ1) is 9.90. The molecule has 0 aliphatic rings. The standard InChI is InChI=1S/C15H17ClN2O3/c1-10(2)12-5-4-11(8-13(12)16)15(20)18(7-6-17)9-14(19)21-3/h4-5,8,10H,7,9H2,1-3H3. The zero-order valence-corrected chi connectivity index (χ0v) is 13.0. The number of nitriles is 1. The van der Waals surface area contributed by atoms with Crippen LogP contribution in [0.25, 0.3) is 0 Å². The molecule has 1 aromatic carbocycles. The maximum absolute atomic E-state index is 12.3. The maximum atomic E-state index is 12.3. The second-order valence-corrected chi connectivity index (χ2v) is 5.19. The van der Waals surface area contributed by atoms with Gasteiger partial charge in [0.05, 0.1) is 13.2 Å². The number of halogens is 1. The summed E-state index contributed by atoms with van der Waals surface area (Å²) >= 11 is 6.16. The van der Waals surface area contributed by atoms with Crippen LogP contribution in [0.3, 0.4) is 0 Å². The van der Waals surface area contributed by atoms with Crippen LogP contribution in [0.4, 0.5) is 0 Å². The van der Waals surface area contributed by atoms with E-state index in [1.807, 2.05) is 19.9 Å². The highest BCUT2D eigenvalue weighted by Crippen LogP contribution is 2.25. The zero-order valence-electron chi connectivity index (χ0n) is 12.2. The average molecular weight is 309 g/mol. The molecule has 0 aliphatic heterocycles.